The Balaban J connectivity index is 1.56. The quantitative estimate of drug-likeness (QED) is 0.596. The van der Waals surface area contributed by atoms with Crippen LogP contribution in [0, 0.1) is 5.92 Å². The highest BCUT2D eigenvalue weighted by Crippen LogP contribution is 2.47. The van der Waals surface area contributed by atoms with Gasteiger partial charge in [0.05, 0.1) is 7.11 Å². The van der Waals surface area contributed by atoms with Gasteiger partial charge in [-0.1, -0.05) is 54.6 Å². The predicted molar refractivity (Wildman–Crippen MR) is 95.8 cm³/mol. The summed E-state index contributed by atoms with van der Waals surface area (Å²) in [5.74, 6) is 0.238. The van der Waals surface area contributed by atoms with Crippen molar-refractivity contribution in [1.29, 1.82) is 0 Å². The minimum atomic E-state index is -0.205. The van der Waals surface area contributed by atoms with E-state index in [1.165, 1.54) is 23.8 Å². The largest absolute Gasteiger partial charge is 0.468 e. The van der Waals surface area contributed by atoms with E-state index in [0.29, 0.717) is 5.92 Å². The highest BCUT2D eigenvalue weighted by molar-refractivity contribution is 5.76. The van der Waals surface area contributed by atoms with Crippen molar-refractivity contribution in [2.75, 3.05) is 14.2 Å². The number of rotatable bonds is 6. The first-order valence-electron chi connectivity index (χ1n) is 8.80. The summed E-state index contributed by atoms with van der Waals surface area (Å²) in [6.07, 6.45) is 2.09. The Bertz CT molecular complexity index is 757. The molecule has 2 fully saturated rings. The molecule has 0 spiro atoms. The van der Waals surface area contributed by atoms with Crippen LogP contribution in [-0.2, 0) is 14.3 Å². The zero-order chi connectivity index (χ0) is 17.4. The summed E-state index contributed by atoms with van der Waals surface area (Å²) < 4.78 is 11.0. The number of ether oxygens (including phenoxy) is 2. The summed E-state index contributed by atoms with van der Waals surface area (Å²) in [7, 11) is 3.43. The molecule has 0 amide bonds. The molecule has 0 N–H and O–H groups in total. The fourth-order valence-corrected chi connectivity index (χ4v) is 3.65. The van der Waals surface area contributed by atoms with Crippen LogP contribution in [-0.4, -0.2) is 37.3 Å². The lowest BCUT2D eigenvalue weighted by molar-refractivity contribution is -0.148. The van der Waals surface area contributed by atoms with Crippen molar-refractivity contribution in [3.8, 4) is 11.1 Å². The standard InChI is InChI=1S/C21H23NO3/c1-22(18(15-12-13-15)21(23)24-2)20-19(25-20)17-11-7-6-10-16(17)14-8-4-3-5-9-14/h3-11,15,18-20H,12-13H2,1-2H3/t18-,19?,20?/m0/s1. The van der Waals surface area contributed by atoms with Crippen molar-refractivity contribution in [2.24, 2.45) is 5.92 Å². The van der Waals surface area contributed by atoms with Crippen LogP contribution in [0.2, 0.25) is 0 Å². The molecule has 1 aliphatic heterocycles. The molecule has 1 saturated carbocycles. The van der Waals surface area contributed by atoms with Crippen LogP contribution in [0.25, 0.3) is 11.1 Å². The minimum absolute atomic E-state index is 0.00712. The number of hydrogen-bond donors (Lipinski definition) is 0. The van der Waals surface area contributed by atoms with Gasteiger partial charge in [-0.25, -0.2) is 0 Å². The summed E-state index contributed by atoms with van der Waals surface area (Å²) in [4.78, 5) is 14.2. The molecule has 4 heteroatoms. The summed E-state index contributed by atoms with van der Waals surface area (Å²) in [5, 5.41) is 0. The molecule has 2 unspecified atom stereocenters. The lowest BCUT2D eigenvalue weighted by Crippen LogP contribution is -2.42. The van der Waals surface area contributed by atoms with Crippen molar-refractivity contribution in [1.82, 2.24) is 4.90 Å². The molecule has 130 valence electrons. The Morgan fingerprint density at radius 1 is 1.12 bits per heavy atom. The van der Waals surface area contributed by atoms with E-state index >= 15 is 0 Å². The number of methoxy groups -OCH3 is 1. The van der Waals surface area contributed by atoms with Crippen LogP contribution in [0.4, 0.5) is 0 Å². The van der Waals surface area contributed by atoms with Gasteiger partial charge >= 0.3 is 5.97 Å². The zero-order valence-electron chi connectivity index (χ0n) is 14.6. The van der Waals surface area contributed by atoms with Crippen LogP contribution in [0.5, 0.6) is 0 Å². The van der Waals surface area contributed by atoms with Gasteiger partial charge in [0.15, 0.2) is 0 Å². The average Bonchev–Trinajstić information content (AvgIpc) is 3.56. The molecule has 1 heterocycles. The number of epoxide rings is 1. The van der Waals surface area contributed by atoms with E-state index in [2.05, 4.69) is 29.2 Å². The molecule has 2 aromatic rings. The molecule has 1 aliphatic carbocycles. The number of carbonyl (C=O) groups excluding carboxylic acids is 1. The van der Waals surface area contributed by atoms with Gasteiger partial charge in [-0.3, -0.25) is 9.69 Å². The zero-order valence-corrected chi connectivity index (χ0v) is 14.6. The number of nitrogens with zero attached hydrogens (tertiary/aromatic N) is 1. The highest BCUT2D eigenvalue weighted by atomic mass is 16.6. The van der Waals surface area contributed by atoms with Crippen LogP contribution < -0.4 is 0 Å². The Kier molecular flexibility index (Phi) is 4.32. The molecule has 0 bridgehead atoms. The van der Waals surface area contributed by atoms with E-state index in [1.807, 2.05) is 37.4 Å². The normalized spacial score (nSPS) is 23.3. The van der Waals surface area contributed by atoms with Crippen molar-refractivity contribution in [3.63, 3.8) is 0 Å². The van der Waals surface area contributed by atoms with Crippen molar-refractivity contribution in [3.05, 3.63) is 60.2 Å². The first-order chi connectivity index (χ1) is 12.2. The van der Waals surface area contributed by atoms with Gasteiger partial charge < -0.3 is 9.47 Å². The molecule has 0 radical (unpaired) electrons. The maximum atomic E-state index is 12.2. The Hall–Kier alpha value is -2.17. The van der Waals surface area contributed by atoms with E-state index in [0.717, 1.165) is 12.8 Å². The lowest BCUT2D eigenvalue weighted by atomic mass is 9.97. The van der Waals surface area contributed by atoms with E-state index in [4.69, 9.17) is 9.47 Å². The Morgan fingerprint density at radius 3 is 2.48 bits per heavy atom. The van der Waals surface area contributed by atoms with E-state index in [-0.39, 0.29) is 24.3 Å². The molecule has 2 aromatic carbocycles. The van der Waals surface area contributed by atoms with E-state index in [9.17, 15) is 4.79 Å². The number of hydrogen-bond acceptors (Lipinski definition) is 4. The number of benzene rings is 2. The Labute approximate surface area is 148 Å². The van der Waals surface area contributed by atoms with Gasteiger partial charge in [-0.2, -0.15) is 0 Å². The van der Waals surface area contributed by atoms with Crippen molar-refractivity contribution < 1.29 is 14.3 Å². The van der Waals surface area contributed by atoms with Crippen molar-refractivity contribution in [2.45, 2.75) is 31.2 Å². The second-order valence-corrected chi connectivity index (χ2v) is 6.87. The van der Waals surface area contributed by atoms with Gasteiger partial charge in [0.2, 0.25) is 0 Å². The topological polar surface area (TPSA) is 42.1 Å². The first kappa shape index (κ1) is 16.3. The molecule has 3 atom stereocenters. The van der Waals surface area contributed by atoms with E-state index < -0.39 is 0 Å². The monoisotopic (exact) mass is 337 g/mol. The number of esters is 1. The van der Waals surface area contributed by atoms with Crippen LogP contribution in [0.1, 0.15) is 24.5 Å². The third-order valence-electron chi connectivity index (χ3n) is 5.17. The third-order valence-corrected chi connectivity index (χ3v) is 5.17. The number of likely N-dealkylation sites (N-methyl/N-ethyl adjacent to an activating group) is 1. The van der Waals surface area contributed by atoms with Crippen molar-refractivity contribution >= 4 is 5.97 Å². The summed E-state index contributed by atoms with van der Waals surface area (Å²) in [6, 6.07) is 18.5. The lowest BCUT2D eigenvalue weighted by Gasteiger charge is -2.24. The van der Waals surface area contributed by atoms with Gasteiger partial charge in [0, 0.05) is 0 Å². The molecule has 2 aliphatic rings. The second-order valence-electron chi connectivity index (χ2n) is 6.87. The molecule has 0 aromatic heterocycles. The van der Waals surface area contributed by atoms with Gasteiger partial charge in [0.1, 0.15) is 18.4 Å². The molecule has 4 nitrogen and oxygen atoms in total. The summed E-state index contributed by atoms with van der Waals surface area (Å²) in [5.41, 5.74) is 3.54. The fraction of sp³-hybridized carbons (Fsp3) is 0.381. The fourth-order valence-electron chi connectivity index (χ4n) is 3.65. The summed E-state index contributed by atoms with van der Waals surface area (Å²) >= 11 is 0. The smallest absolute Gasteiger partial charge is 0.323 e. The molecule has 25 heavy (non-hydrogen) atoms. The summed E-state index contributed by atoms with van der Waals surface area (Å²) in [6.45, 7) is 0. The second kappa shape index (κ2) is 6.62. The van der Waals surface area contributed by atoms with Crippen LogP contribution in [0.3, 0.4) is 0 Å². The van der Waals surface area contributed by atoms with Gasteiger partial charge in [-0.05, 0) is 42.5 Å². The molecule has 4 rings (SSSR count). The van der Waals surface area contributed by atoms with Gasteiger partial charge in [0.25, 0.3) is 0 Å². The van der Waals surface area contributed by atoms with E-state index in [1.54, 1.807) is 0 Å². The maximum Gasteiger partial charge on any atom is 0.323 e. The average molecular weight is 337 g/mol. The van der Waals surface area contributed by atoms with Gasteiger partial charge in [-0.15, -0.1) is 0 Å². The third kappa shape index (κ3) is 3.20. The number of carbonyl (C=O) groups is 1. The highest BCUT2D eigenvalue weighted by Gasteiger charge is 2.51. The Morgan fingerprint density at radius 2 is 1.80 bits per heavy atom. The van der Waals surface area contributed by atoms with Crippen LogP contribution in [0.15, 0.2) is 54.6 Å². The molecular formula is C21H23NO3. The molecular weight excluding hydrogens is 314 g/mol. The first-order valence-corrected chi connectivity index (χ1v) is 8.80. The molecule has 1 saturated heterocycles. The van der Waals surface area contributed by atoms with Crippen LogP contribution >= 0.6 is 0 Å². The predicted octanol–water partition coefficient (Wildman–Crippen LogP) is 3.63. The SMILES string of the molecule is COC(=O)[C@H](C1CC1)N(C)C1OC1c1ccccc1-c1ccccc1. The maximum absolute atomic E-state index is 12.2. The minimum Gasteiger partial charge on any atom is -0.468 e.